The number of aromatic nitrogens is 2. The minimum atomic E-state index is -4.81. The number of hydrogen-bond donors (Lipinski definition) is 1. The molecule has 0 saturated carbocycles. The van der Waals surface area contributed by atoms with Crippen LogP contribution in [0.1, 0.15) is 44.0 Å². The van der Waals surface area contributed by atoms with Crippen molar-refractivity contribution in [2.24, 2.45) is 0 Å². The molecule has 2 heterocycles. The van der Waals surface area contributed by atoms with E-state index in [1.54, 1.807) is 24.8 Å². The summed E-state index contributed by atoms with van der Waals surface area (Å²) >= 11 is 0. The summed E-state index contributed by atoms with van der Waals surface area (Å²) in [5.74, 6) is -0.123. The fourth-order valence-electron chi connectivity index (χ4n) is 3.07. The van der Waals surface area contributed by atoms with Gasteiger partial charge < -0.3 is 24.4 Å². The summed E-state index contributed by atoms with van der Waals surface area (Å²) in [7, 11) is 0. The molecule has 0 atom stereocenters. The number of carbonyl (C=O) groups is 1. The van der Waals surface area contributed by atoms with Gasteiger partial charge in [0.15, 0.2) is 0 Å². The Morgan fingerprint density at radius 3 is 2.62 bits per heavy atom. The molecule has 0 unspecified atom stereocenters. The van der Waals surface area contributed by atoms with Gasteiger partial charge in [-0.2, -0.15) is 0 Å². The molecule has 0 aliphatic carbocycles. The fourth-order valence-corrected chi connectivity index (χ4v) is 3.07. The molecule has 0 bridgehead atoms. The smallest absolute Gasteiger partial charge is 0.491 e. The number of alkyl halides is 3. The Hall–Kier alpha value is -3.08. The van der Waals surface area contributed by atoms with Crippen LogP contribution in [0.25, 0.3) is 0 Å². The number of rotatable bonds is 7. The summed E-state index contributed by atoms with van der Waals surface area (Å²) in [6.45, 7) is 5.12. The first-order valence-electron chi connectivity index (χ1n) is 10.2. The zero-order valence-corrected chi connectivity index (χ0v) is 17.8. The van der Waals surface area contributed by atoms with E-state index in [4.69, 9.17) is 9.47 Å². The highest BCUT2D eigenvalue weighted by atomic mass is 19.4. The van der Waals surface area contributed by atoms with Crippen LogP contribution >= 0.6 is 0 Å². The molecule has 11 heteroatoms. The summed E-state index contributed by atoms with van der Waals surface area (Å²) in [5, 5.41) is 2.92. The molecule has 32 heavy (non-hydrogen) atoms. The van der Waals surface area contributed by atoms with E-state index in [0.717, 1.165) is 12.8 Å². The Bertz CT molecular complexity index is 905. The second-order valence-electron chi connectivity index (χ2n) is 7.49. The predicted octanol–water partition coefficient (Wildman–Crippen LogP) is 4.23. The Morgan fingerprint density at radius 1 is 1.22 bits per heavy atom. The van der Waals surface area contributed by atoms with E-state index < -0.39 is 6.36 Å². The van der Waals surface area contributed by atoms with Crippen LogP contribution in [0, 0.1) is 0 Å². The lowest BCUT2D eigenvalue weighted by Gasteiger charge is -2.19. The second-order valence-corrected chi connectivity index (χ2v) is 7.49. The van der Waals surface area contributed by atoms with Gasteiger partial charge in [-0.05, 0) is 44.4 Å². The van der Waals surface area contributed by atoms with Crippen LogP contribution in [0.4, 0.5) is 19.1 Å². The Balaban J connectivity index is 0.00000385. The Labute approximate surface area is 185 Å². The minimum Gasteiger partial charge on any atom is -0.491 e. The molecule has 1 aromatic carbocycles. The largest absolute Gasteiger partial charge is 0.573 e. The number of nitrogens with one attached hydrogen (secondary N) is 1. The van der Waals surface area contributed by atoms with Crippen LogP contribution in [0.5, 0.6) is 11.5 Å². The monoisotopic (exact) mass is 456 g/mol. The summed E-state index contributed by atoms with van der Waals surface area (Å²) in [5.41, 5.74) is 0.808. The highest BCUT2D eigenvalue weighted by Gasteiger charge is 2.31. The van der Waals surface area contributed by atoms with Gasteiger partial charge in [-0.3, -0.25) is 4.79 Å². The van der Waals surface area contributed by atoms with Gasteiger partial charge in [0.25, 0.3) is 5.91 Å². The van der Waals surface area contributed by atoms with Crippen molar-refractivity contribution in [3.63, 3.8) is 0 Å². The summed E-state index contributed by atoms with van der Waals surface area (Å²) < 4.78 is 52.9. The molecule has 8 nitrogen and oxygen atoms in total. The highest BCUT2D eigenvalue weighted by molar-refractivity contribution is 5.93. The lowest BCUT2D eigenvalue weighted by atomic mass is 10.2. The van der Waals surface area contributed by atoms with Gasteiger partial charge in [0.05, 0.1) is 11.7 Å². The molecular weight excluding hydrogens is 429 g/mol. The molecule has 1 aliphatic rings. The fraction of sp³-hybridized carbons (Fsp3) is 0.476. The average Bonchev–Trinajstić information content (AvgIpc) is 3.00. The maximum Gasteiger partial charge on any atom is 0.573 e. The summed E-state index contributed by atoms with van der Waals surface area (Å²) in [4.78, 5) is 22.4. The van der Waals surface area contributed by atoms with Gasteiger partial charge in [0.1, 0.15) is 18.2 Å². The third-order valence-electron chi connectivity index (χ3n) is 4.40. The molecule has 1 aliphatic heterocycles. The number of amides is 1. The molecule has 1 saturated heterocycles. The van der Waals surface area contributed by atoms with Crippen LogP contribution in [-0.4, -0.2) is 53.1 Å². The lowest BCUT2D eigenvalue weighted by molar-refractivity contribution is -0.274. The van der Waals surface area contributed by atoms with Crippen molar-refractivity contribution in [3.8, 4) is 11.5 Å². The number of anilines is 1. The van der Waals surface area contributed by atoms with Crippen LogP contribution in [-0.2, 0) is 11.3 Å². The van der Waals surface area contributed by atoms with Crippen molar-refractivity contribution in [1.82, 2.24) is 14.9 Å². The molecule has 176 valence electrons. The molecule has 0 spiro atoms. The molecule has 1 fully saturated rings. The molecule has 0 radical (unpaired) electrons. The van der Waals surface area contributed by atoms with Gasteiger partial charge in [0, 0.05) is 39.6 Å². The van der Waals surface area contributed by atoms with Crippen LogP contribution < -0.4 is 14.8 Å². The van der Waals surface area contributed by atoms with Crippen LogP contribution in [0.2, 0.25) is 0 Å². The third kappa shape index (κ3) is 7.26. The first kappa shape index (κ1) is 23.6. The van der Waals surface area contributed by atoms with E-state index in [9.17, 15) is 18.0 Å². The van der Waals surface area contributed by atoms with Crippen molar-refractivity contribution in [3.05, 3.63) is 41.7 Å². The standard InChI is InChI=1S/C21H25F3N4O4.H2/c1-14(2)31-17-7-15(8-18(9-17)32-21(22,23)24)10-25-20-26-11-16(12-27-20)19(29)28-5-3-4-6-30-13-28;/h7-9,11-12,14H,3-6,10,13H2,1-2H3,(H,25,26,27);1H. The van der Waals surface area contributed by atoms with E-state index in [1.807, 2.05) is 0 Å². The minimum absolute atomic E-state index is 0. The van der Waals surface area contributed by atoms with E-state index in [-0.39, 0.29) is 44.2 Å². The number of benzene rings is 1. The number of carbonyl (C=O) groups excluding carboxylic acids is 1. The molecular formula is C21H27F3N4O4. The van der Waals surface area contributed by atoms with Gasteiger partial charge >= 0.3 is 6.36 Å². The van der Waals surface area contributed by atoms with Gasteiger partial charge in [-0.15, -0.1) is 13.2 Å². The quantitative estimate of drug-likeness (QED) is 0.667. The molecule has 1 amide bonds. The molecule has 2 aromatic rings. The van der Waals surface area contributed by atoms with E-state index in [1.165, 1.54) is 24.5 Å². The van der Waals surface area contributed by atoms with Crippen LogP contribution in [0.15, 0.2) is 30.6 Å². The van der Waals surface area contributed by atoms with Crippen molar-refractivity contribution in [1.29, 1.82) is 0 Å². The summed E-state index contributed by atoms with van der Waals surface area (Å²) in [6, 6.07) is 4.04. The van der Waals surface area contributed by atoms with Crippen molar-refractivity contribution in [2.45, 2.75) is 45.7 Å². The zero-order valence-electron chi connectivity index (χ0n) is 17.8. The average molecular weight is 456 g/mol. The first-order chi connectivity index (χ1) is 15.2. The van der Waals surface area contributed by atoms with Gasteiger partial charge in [-0.1, -0.05) is 0 Å². The van der Waals surface area contributed by atoms with E-state index in [2.05, 4.69) is 20.0 Å². The normalized spacial score (nSPS) is 14.8. The number of nitrogens with zero attached hydrogens (tertiary/aromatic N) is 3. The number of ether oxygens (including phenoxy) is 3. The zero-order chi connectivity index (χ0) is 23.1. The van der Waals surface area contributed by atoms with Gasteiger partial charge in [-0.25, -0.2) is 9.97 Å². The molecule has 1 aromatic heterocycles. The molecule has 1 N–H and O–H groups in total. The molecule has 3 rings (SSSR count). The van der Waals surface area contributed by atoms with E-state index >= 15 is 0 Å². The second kappa shape index (κ2) is 10.5. The van der Waals surface area contributed by atoms with E-state index in [0.29, 0.717) is 24.3 Å². The SMILES string of the molecule is CC(C)Oc1cc(CNc2ncc(C(=O)N3CCCCOC3)cn2)cc(OC(F)(F)F)c1.[HH]. The maximum atomic E-state index is 12.6. The van der Waals surface area contributed by atoms with Crippen molar-refractivity contribution < 1.29 is 33.6 Å². The van der Waals surface area contributed by atoms with Crippen LogP contribution in [0.3, 0.4) is 0 Å². The summed E-state index contributed by atoms with van der Waals surface area (Å²) in [6.07, 6.45) is -0.461. The van der Waals surface area contributed by atoms with Crippen molar-refractivity contribution in [2.75, 3.05) is 25.2 Å². The first-order valence-corrected chi connectivity index (χ1v) is 10.2. The van der Waals surface area contributed by atoms with Gasteiger partial charge in [0.2, 0.25) is 5.95 Å². The Kier molecular flexibility index (Phi) is 7.73. The van der Waals surface area contributed by atoms with Crippen molar-refractivity contribution >= 4 is 11.9 Å². The number of halogens is 3. The Morgan fingerprint density at radius 2 is 1.94 bits per heavy atom. The lowest BCUT2D eigenvalue weighted by Crippen LogP contribution is -2.32. The predicted molar refractivity (Wildman–Crippen MR) is 111 cm³/mol. The maximum absolute atomic E-state index is 12.6. The third-order valence-corrected chi connectivity index (χ3v) is 4.40. The number of hydrogen-bond acceptors (Lipinski definition) is 7. The topological polar surface area (TPSA) is 85.8 Å². The highest BCUT2D eigenvalue weighted by Crippen LogP contribution is 2.29.